The van der Waals surface area contributed by atoms with E-state index in [1.807, 2.05) is 23.7 Å². The van der Waals surface area contributed by atoms with Crippen LogP contribution in [0.5, 0.6) is 0 Å². The van der Waals surface area contributed by atoms with Gasteiger partial charge in [0.15, 0.2) is 5.69 Å². The summed E-state index contributed by atoms with van der Waals surface area (Å²) in [5.74, 6) is 0.705. The van der Waals surface area contributed by atoms with Gasteiger partial charge in [-0.15, -0.1) is 0 Å². The molecule has 1 aromatic heterocycles. The maximum Gasteiger partial charge on any atom is 0.272 e. The van der Waals surface area contributed by atoms with Crippen LogP contribution in [0.2, 0.25) is 0 Å². The number of carbonyl (C=O) groups is 1. The second-order valence-electron chi connectivity index (χ2n) is 7.91. The number of hydrogen-bond donors (Lipinski definition) is 1. The topological polar surface area (TPSA) is 56.2 Å². The van der Waals surface area contributed by atoms with Crippen LogP contribution in [0.25, 0.3) is 5.70 Å². The van der Waals surface area contributed by atoms with Gasteiger partial charge in [-0.2, -0.15) is 5.10 Å². The van der Waals surface area contributed by atoms with Gasteiger partial charge in [-0.25, -0.2) is 4.68 Å². The summed E-state index contributed by atoms with van der Waals surface area (Å²) in [7, 11) is 0. The molecule has 1 aliphatic carbocycles. The van der Waals surface area contributed by atoms with Crippen molar-refractivity contribution in [3.63, 3.8) is 0 Å². The van der Waals surface area contributed by atoms with Gasteiger partial charge in [-0.3, -0.25) is 4.79 Å². The first-order chi connectivity index (χ1) is 15.6. The molecule has 5 nitrogen and oxygen atoms in total. The highest BCUT2D eigenvalue weighted by Crippen LogP contribution is 2.31. The zero-order chi connectivity index (χ0) is 23.1. The summed E-state index contributed by atoms with van der Waals surface area (Å²) in [5.41, 5.74) is 7.37. The van der Waals surface area contributed by atoms with Crippen LogP contribution >= 0.6 is 0 Å². The lowest BCUT2D eigenvalue weighted by molar-refractivity contribution is 0.0941. The van der Waals surface area contributed by atoms with E-state index in [4.69, 9.17) is 9.84 Å². The minimum absolute atomic E-state index is 0.189. The first-order valence-electron chi connectivity index (χ1n) is 11.7. The Morgan fingerprint density at radius 2 is 1.88 bits per heavy atom. The van der Waals surface area contributed by atoms with Crippen LogP contribution in [0.15, 0.2) is 54.3 Å². The minimum atomic E-state index is -0.189. The molecule has 1 N–H and O–H groups in total. The molecule has 1 saturated carbocycles. The second-order valence-corrected chi connectivity index (χ2v) is 7.91. The molecule has 3 rings (SSSR count). The number of nitrogens with one attached hydrogen (secondary N) is 1. The molecule has 1 aromatic carbocycles. The average molecular weight is 434 g/mol. The van der Waals surface area contributed by atoms with E-state index in [1.54, 1.807) is 6.08 Å². The Morgan fingerprint density at radius 1 is 1.12 bits per heavy atom. The van der Waals surface area contributed by atoms with Gasteiger partial charge in [0.05, 0.1) is 18.8 Å². The first-order valence-corrected chi connectivity index (χ1v) is 11.7. The van der Waals surface area contributed by atoms with Crippen molar-refractivity contribution in [2.45, 2.75) is 59.8 Å². The monoisotopic (exact) mass is 433 g/mol. The number of rotatable bonds is 11. The molecule has 0 atom stereocenters. The summed E-state index contributed by atoms with van der Waals surface area (Å²) < 4.78 is 7.56. The van der Waals surface area contributed by atoms with Crippen LogP contribution < -0.4 is 5.32 Å². The Morgan fingerprint density at radius 3 is 2.47 bits per heavy atom. The molecule has 0 bridgehead atoms. The van der Waals surface area contributed by atoms with Gasteiger partial charge < -0.3 is 10.1 Å². The smallest absolute Gasteiger partial charge is 0.272 e. The van der Waals surface area contributed by atoms with Gasteiger partial charge in [0.1, 0.15) is 5.76 Å². The molecule has 170 valence electrons. The van der Waals surface area contributed by atoms with Crippen LogP contribution in [0, 0.1) is 0 Å². The van der Waals surface area contributed by atoms with Gasteiger partial charge in [-0.05, 0) is 73.9 Å². The maximum atomic E-state index is 12.9. The summed E-state index contributed by atoms with van der Waals surface area (Å²) in [6, 6.07) is 8.42. The normalized spacial score (nSPS) is 13.1. The van der Waals surface area contributed by atoms with Crippen molar-refractivity contribution in [3.8, 4) is 0 Å². The number of carbonyl (C=O) groups excluding carboxylic acids is 1. The van der Waals surface area contributed by atoms with E-state index in [2.05, 4.69) is 50.9 Å². The lowest BCUT2D eigenvalue weighted by atomic mass is 9.98. The van der Waals surface area contributed by atoms with Crippen LogP contribution in [0.1, 0.15) is 73.4 Å². The van der Waals surface area contributed by atoms with E-state index in [9.17, 15) is 4.79 Å². The number of aromatic nitrogens is 2. The Labute approximate surface area is 191 Å². The fraction of sp³-hybridized carbons (Fsp3) is 0.407. The number of aryl methyl sites for hydroxylation is 3. The van der Waals surface area contributed by atoms with Crippen LogP contribution in [-0.4, -0.2) is 28.8 Å². The zero-order valence-electron chi connectivity index (χ0n) is 19.8. The Balaban J connectivity index is 1.89. The molecule has 1 amide bonds. The van der Waals surface area contributed by atoms with Gasteiger partial charge in [0.2, 0.25) is 0 Å². The van der Waals surface area contributed by atoms with E-state index >= 15 is 0 Å². The number of benzene rings is 1. The number of hydrogen-bond acceptors (Lipinski definition) is 3. The molecule has 1 heterocycles. The third-order valence-electron chi connectivity index (χ3n) is 5.77. The van der Waals surface area contributed by atoms with Crippen molar-refractivity contribution in [2.75, 3.05) is 13.2 Å². The van der Waals surface area contributed by atoms with Gasteiger partial charge in [0.25, 0.3) is 5.91 Å². The molecule has 0 unspecified atom stereocenters. The van der Waals surface area contributed by atoms with E-state index < -0.39 is 0 Å². The van der Waals surface area contributed by atoms with Crippen molar-refractivity contribution < 1.29 is 9.53 Å². The average Bonchev–Trinajstić information content (AvgIpc) is 3.57. The van der Waals surface area contributed by atoms with E-state index in [0.717, 1.165) is 54.8 Å². The molecule has 2 aromatic rings. The van der Waals surface area contributed by atoms with Gasteiger partial charge >= 0.3 is 0 Å². The van der Waals surface area contributed by atoms with Gasteiger partial charge in [-0.1, -0.05) is 45.6 Å². The number of allylic oxidation sites excluding steroid dienone is 3. The number of amides is 1. The Hall–Kier alpha value is -3.08. The molecule has 32 heavy (non-hydrogen) atoms. The predicted molar refractivity (Wildman–Crippen MR) is 131 cm³/mol. The zero-order valence-corrected chi connectivity index (χ0v) is 19.8. The largest absolute Gasteiger partial charge is 0.496 e. The SMILES string of the molecule is C=C/C=C(/c1ccc(CC)c(CC)c1)n1nc(C(=O)NCC(OCC)=C2CC2)cc1CC. The quantitative estimate of drug-likeness (QED) is 0.378. The predicted octanol–water partition coefficient (Wildman–Crippen LogP) is 5.46. The molecule has 0 radical (unpaired) electrons. The third-order valence-corrected chi connectivity index (χ3v) is 5.77. The molecule has 1 fully saturated rings. The molecule has 0 spiro atoms. The van der Waals surface area contributed by atoms with Crippen LogP contribution in [0.3, 0.4) is 0 Å². The van der Waals surface area contributed by atoms with Crippen molar-refractivity contribution in [2.24, 2.45) is 0 Å². The maximum absolute atomic E-state index is 12.9. The van der Waals surface area contributed by atoms with E-state index in [1.165, 1.54) is 16.7 Å². The standard InChI is InChI=1S/C27H35N3O2/c1-6-11-25(22-15-12-19(7-2)20(8-3)16-22)30-23(9-4)17-24(29-30)27(31)28-18-26(32-10-5)21-13-14-21/h6,11-12,15-17H,1,7-10,13-14,18H2,2-5H3,(H,28,31)/b25-11-. The Bertz CT molecular complexity index is 1040. The summed E-state index contributed by atoms with van der Waals surface area (Å²) in [5, 5.41) is 7.67. The second kappa shape index (κ2) is 11.0. The molecule has 1 aliphatic rings. The third kappa shape index (κ3) is 5.39. The Kier molecular flexibility index (Phi) is 8.09. The summed E-state index contributed by atoms with van der Waals surface area (Å²) in [4.78, 5) is 12.9. The molecular formula is C27H35N3O2. The summed E-state index contributed by atoms with van der Waals surface area (Å²) >= 11 is 0. The highest BCUT2D eigenvalue weighted by molar-refractivity contribution is 5.92. The number of nitrogens with zero attached hydrogens (tertiary/aromatic N) is 2. The highest BCUT2D eigenvalue weighted by Gasteiger charge is 2.21. The van der Waals surface area contributed by atoms with E-state index in [0.29, 0.717) is 18.8 Å². The molecule has 0 aliphatic heterocycles. The highest BCUT2D eigenvalue weighted by atomic mass is 16.5. The lowest BCUT2D eigenvalue weighted by Crippen LogP contribution is -2.27. The van der Waals surface area contributed by atoms with Gasteiger partial charge in [0, 0.05) is 11.3 Å². The van der Waals surface area contributed by atoms with E-state index in [-0.39, 0.29) is 5.91 Å². The fourth-order valence-corrected chi connectivity index (χ4v) is 3.90. The lowest BCUT2D eigenvalue weighted by Gasteiger charge is -2.14. The fourth-order valence-electron chi connectivity index (χ4n) is 3.90. The number of ether oxygens (including phenoxy) is 1. The van der Waals surface area contributed by atoms with Crippen molar-refractivity contribution >= 4 is 11.6 Å². The van der Waals surface area contributed by atoms with Crippen molar-refractivity contribution in [1.29, 1.82) is 0 Å². The summed E-state index contributed by atoms with van der Waals surface area (Å²) in [6.45, 7) is 13.3. The minimum Gasteiger partial charge on any atom is -0.496 e. The van der Waals surface area contributed by atoms with Crippen LogP contribution in [-0.2, 0) is 24.0 Å². The molecule has 5 heteroatoms. The summed E-state index contributed by atoms with van der Waals surface area (Å²) in [6.07, 6.45) is 8.60. The molecular weight excluding hydrogens is 398 g/mol. The van der Waals surface area contributed by atoms with Crippen LogP contribution in [0.4, 0.5) is 0 Å². The molecule has 0 saturated heterocycles. The first kappa shape index (κ1) is 23.6. The van der Waals surface area contributed by atoms with Crippen molar-refractivity contribution in [3.05, 3.63) is 82.4 Å². The van der Waals surface area contributed by atoms with Crippen molar-refractivity contribution in [1.82, 2.24) is 15.1 Å².